The number of rotatable bonds is 5. The molecule has 0 radical (unpaired) electrons. The zero-order valence-corrected chi connectivity index (χ0v) is 9.17. The Hall–Kier alpha value is -1.43. The smallest absolute Gasteiger partial charge is 0.306 e. The molecule has 0 saturated heterocycles. The largest absolute Gasteiger partial charge is 0.469 e. The third-order valence-electron chi connectivity index (χ3n) is 1.73. The molecule has 6 heteroatoms. The lowest BCUT2D eigenvalue weighted by Crippen LogP contribution is -2.23. The van der Waals surface area contributed by atoms with Crippen LogP contribution in [0.25, 0.3) is 0 Å². The first kappa shape index (κ1) is 11.6. The Morgan fingerprint density at radius 1 is 1.53 bits per heavy atom. The SMILES string of the molecule is COC(=O)CCC(=O)NCc1cscn1. The van der Waals surface area contributed by atoms with Gasteiger partial charge < -0.3 is 10.1 Å². The van der Waals surface area contributed by atoms with Crippen molar-refractivity contribution in [1.82, 2.24) is 10.3 Å². The Labute approximate surface area is 91.5 Å². The van der Waals surface area contributed by atoms with Crippen LogP contribution in [0.5, 0.6) is 0 Å². The van der Waals surface area contributed by atoms with E-state index in [0.717, 1.165) is 5.69 Å². The summed E-state index contributed by atoms with van der Waals surface area (Å²) in [7, 11) is 1.30. The Balaban J connectivity index is 2.16. The lowest BCUT2D eigenvalue weighted by molar-refractivity contribution is -0.142. The normalized spacial score (nSPS) is 9.67. The Morgan fingerprint density at radius 2 is 2.33 bits per heavy atom. The number of amides is 1. The molecule has 0 atom stereocenters. The van der Waals surface area contributed by atoms with Crippen molar-refractivity contribution < 1.29 is 14.3 Å². The molecule has 1 aromatic heterocycles. The van der Waals surface area contributed by atoms with Crippen molar-refractivity contribution in [3.63, 3.8) is 0 Å². The molecule has 1 rings (SSSR count). The summed E-state index contributed by atoms with van der Waals surface area (Å²) in [6.45, 7) is 0.406. The standard InChI is InChI=1S/C9H12N2O3S/c1-14-9(13)3-2-8(12)10-4-7-5-15-6-11-7/h5-6H,2-4H2,1H3,(H,10,12). The molecule has 0 bridgehead atoms. The van der Waals surface area contributed by atoms with Crippen molar-refractivity contribution in [3.05, 3.63) is 16.6 Å². The molecule has 82 valence electrons. The van der Waals surface area contributed by atoms with Gasteiger partial charge in [0.05, 0.1) is 31.3 Å². The van der Waals surface area contributed by atoms with Crippen LogP contribution in [0.3, 0.4) is 0 Å². The van der Waals surface area contributed by atoms with Crippen LogP contribution in [0, 0.1) is 0 Å². The first-order valence-corrected chi connectivity index (χ1v) is 5.37. The Bertz CT molecular complexity index is 324. The van der Waals surface area contributed by atoms with E-state index in [1.54, 1.807) is 5.51 Å². The zero-order valence-electron chi connectivity index (χ0n) is 8.36. The monoisotopic (exact) mass is 228 g/mol. The molecule has 1 N–H and O–H groups in total. The summed E-state index contributed by atoms with van der Waals surface area (Å²) in [5.74, 6) is -0.549. The second-order valence-electron chi connectivity index (χ2n) is 2.83. The van der Waals surface area contributed by atoms with Gasteiger partial charge in [0.15, 0.2) is 0 Å². The lowest BCUT2D eigenvalue weighted by Gasteiger charge is -2.02. The first-order chi connectivity index (χ1) is 7.22. The Morgan fingerprint density at radius 3 is 2.93 bits per heavy atom. The number of nitrogens with zero attached hydrogens (tertiary/aromatic N) is 1. The average Bonchev–Trinajstić information content (AvgIpc) is 2.75. The minimum atomic E-state index is -0.376. The molecule has 0 spiro atoms. The van der Waals surface area contributed by atoms with Crippen LogP contribution in [-0.4, -0.2) is 24.0 Å². The van der Waals surface area contributed by atoms with E-state index in [9.17, 15) is 9.59 Å². The summed E-state index contributed by atoms with van der Waals surface area (Å²) in [4.78, 5) is 26.0. The van der Waals surface area contributed by atoms with Crippen molar-refractivity contribution in [2.45, 2.75) is 19.4 Å². The van der Waals surface area contributed by atoms with Gasteiger partial charge in [0.25, 0.3) is 0 Å². The average molecular weight is 228 g/mol. The van der Waals surface area contributed by atoms with Crippen LogP contribution >= 0.6 is 11.3 Å². The fourth-order valence-electron chi connectivity index (χ4n) is 0.920. The van der Waals surface area contributed by atoms with Crippen LogP contribution in [0.4, 0.5) is 0 Å². The van der Waals surface area contributed by atoms with E-state index in [1.807, 2.05) is 5.38 Å². The molecule has 0 unspecified atom stereocenters. The van der Waals surface area contributed by atoms with Gasteiger partial charge in [-0.15, -0.1) is 11.3 Å². The molecule has 0 fully saturated rings. The predicted molar refractivity (Wildman–Crippen MR) is 55.2 cm³/mol. The number of hydrogen-bond donors (Lipinski definition) is 1. The number of aromatic nitrogens is 1. The van der Waals surface area contributed by atoms with Crippen molar-refractivity contribution >= 4 is 23.2 Å². The van der Waals surface area contributed by atoms with Crippen LogP contribution in [0.2, 0.25) is 0 Å². The van der Waals surface area contributed by atoms with Crippen LogP contribution < -0.4 is 5.32 Å². The molecule has 0 saturated carbocycles. The van der Waals surface area contributed by atoms with Gasteiger partial charge >= 0.3 is 5.97 Å². The zero-order chi connectivity index (χ0) is 11.1. The predicted octanol–water partition coefficient (Wildman–Crippen LogP) is 0.712. The summed E-state index contributed by atoms with van der Waals surface area (Å²) < 4.78 is 4.42. The molecule has 1 aromatic rings. The van der Waals surface area contributed by atoms with E-state index in [4.69, 9.17) is 0 Å². The fourth-order valence-corrected chi connectivity index (χ4v) is 1.48. The van der Waals surface area contributed by atoms with Crippen molar-refractivity contribution in [2.75, 3.05) is 7.11 Å². The number of carbonyl (C=O) groups is 2. The summed E-state index contributed by atoms with van der Waals surface area (Å²) in [5, 5.41) is 4.52. The number of thiazole rings is 1. The van der Waals surface area contributed by atoms with Gasteiger partial charge in [-0.25, -0.2) is 4.98 Å². The summed E-state index contributed by atoms with van der Waals surface area (Å²) in [6.07, 6.45) is 0.260. The molecule has 0 aromatic carbocycles. The topological polar surface area (TPSA) is 68.3 Å². The van der Waals surface area contributed by atoms with E-state index in [1.165, 1.54) is 18.4 Å². The van der Waals surface area contributed by atoms with E-state index in [0.29, 0.717) is 6.54 Å². The molecule has 1 heterocycles. The third-order valence-corrected chi connectivity index (χ3v) is 2.37. The van der Waals surface area contributed by atoms with Crippen molar-refractivity contribution in [1.29, 1.82) is 0 Å². The summed E-state index contributed by atoms with van der Waals surface area (Å²) in [5.41, 5.74) is 2.53. The number of carbonyl (C=O) groups excluding carboxylic acids is 2. The summed E-state index contributed by atoms with van der Waals surface area (Å²) >= 11 is 1.48. The van der Waals surface area contributed by atoms with Crippen LogP contribution in [-0.2, 0) is 20.9 Å². The second kappa shape index (κ2) is 6.13. The molecule has 1 amide bonds. The van der Waals surface area contributed by atoms with Crippen molar-refractivity contribution in [2.24, 2.45) is 0 Å². The highest BCUT2D eigenvalue weighted by Gasteiger charge is 2.06. The highest BCUT2D eigenvalue weighted by Crippen LogP contribution is 2.00. The Kier molecular flexibility index (Phi) is 4.76. The third kappa shape index (κ3) is 4.55. The maximum atomic E-state index is 11.2. The van der Waals surface area contributed by atoms with Crippen LogP contribution in [0.1, 0.15) is 18.5 Å². The van der Waals surface area contributed by atoms with Gasteiger partial charge in [0.1, 0.15) is 0 Å². The molecule has 5 nitrogen and oxygen atoms in total. The number of ether oxygens (including phenoxy) is 1. The van der Waals surface area contributed by atoms with E-state index in [2.05, 4.69) is 15.0 Å². The number of nitrogens with one attached hydrogen (secondary N) is 1. The highest BCUT2D eigenvalue weighted by atomic mass is 32.1. The minimum Gasteiger partial charge on any atom is -0.469 e. The fraction of sp³-hybridized carbons (Fsp3) is 0.444. The van der Waals surface area contributed by atoms with E-state index in [-0.39, 0.29) is 24.7 Å². The second-order valence-corrected chi connectivity index (χ2v) is 3.55. The first-order valence-electron chi connectivity index (χ1n) is 4.43. The summed E-state index contributed by atoms with van der Waals surface area (Å²) in [6, 6.07) is 0. The highest BCUT2D eigenvalue weighted by molar-refractivity contribution is 7.07. The maximum absolute atomic E-state index is 11.2. The maximum Gasteiger partial charge on any atom is 0.306 e. The lowest BCUT2D eigenvalue weighted by atomic mass is 10.3. The quantitative estimate of drug-likeness (QED) is 0.754. The minimum absolute atomic E-state index is 0.111. The molecule has 0 aliphatic heterocycles. The molecule has 0 aliphatic rings. The number of methoxy groups -OCH3 is 1. The van der Waals surface area contributed by atoms with Gasteiger partial charge in [-0.3, -0.25) is 9.59 Å². The van der Waals surface area contributed by atoms with Crippen molar-refractivity contribution in [3.8, 4) is 0 Å². The van der Waals surface area contributed by atoms with Gasteiger partial charge in [-0.05, 0) is 0 Å². The van der Waals surface area contributed by atoms with Crippen LogP contribution in [0.15, 0.2) is 10.9 Å². The van der Waals surface area contributed by atoms with Gasteiger partial charge in [-0.2, -0.15) is 0 Å². The van der Waals surface area contributed by atoms with Gasteiger partial charge in [0, 0.05) is 11.8 Å². The molecule has 15 heavy (non-hydrogen) atoms. The molecular weight excluding hydrogens is 216 g/mol. The molecule has 0 aliphatic carbocycles. The molecular formula is C9H12N2O3S. The van der Waals surface area contributed by atoms with Gasteiger partial charge in [0.2, 0.25) is 5.91 Å². The number of hydrogen-bond acceptors (Lipinski definition) is 5. The van der Waals surface area contributed by atoms with Gasteiger partial charge in [-0.1, -0.05) is 0 Å². The number of esters is 1. The van der Waals surface area contributed by atoms with E-state index >= 15 is 0 Å². The van der Waals surface area contributed by atoms with E-state index < -0.39 is 0 Å².